The number of ether oxygens (including phenoxy) is 1. The van der Waals surface area contributed by atoms with Gasteiger partial charge in [-0.2, -0.15) is 9.97 Å². The van der Waals surface area contributed by atoms with Gasteiger partial charge in [0.15, 0.2) is 5.82 Å². The SMILES string of the molecule is C=C1CN2CC(=C)CC2(COc2nc(N3CCC[C@@](C)(O)C3)c3cc([N+](=O)[O-])c(-c4cccc5ccc(F)c(C#C[Si](C(C)C)(C(C)C)C(C)C)c45)c(F)c3n2)C1. The Labute approximate surface area is 335 Å². The first-order valence-corrected chi connectivity index (χ1v) is 22.2. The standard InChI is InChI=1S/C45H53F2N5O4Si/c1-27(2)57(28(3)4,29(5)6)19-16-33-36(46)15-14-32-12-10-13-34(38(32)33)39-37(52(54)55)20-35-41(40(39)47)48-43(49-42(35)50-18-11-17-44(9,53)25-50)56-26-45-21-30(7)23-51(45)24-31(8)22-45/h10,12-15,20,27-29,53H,7-8,11,17-18,21-26H2,1-6,9H3/t44-/m1/s1. The number of rotatable bonds is 9. The zero-order valence-corrected chi connectivity index (χ0v) is 35.1. The van der Waals surface area contributed by atoms with Gasteiger partial charge in [-0.25, -0.2) is 8.78 Å². The van der Waals surface area contributed by atoms with Crippen LogP contribution in [0.4, 0.5) is 20.3 Å². The van der Waals surface area contributed by atoms with Crippen LogP contribution in [0.2, 0.25) is 16.6 Å². The molecular formula is C45H53F2N5O4Si. The average molecular weight is 794 g/mol. The van der Waals surface area contributed by atoms with Gasteiger partial charge in [-0.15, -0.1) is 5.54 Å². The molecule has 3 aromatic carbocycles. The summed E-state index contributed by atoms with van der Waals surface area (Å²) in [5.74, 6) is 1.94. The van der Waals surface area contributed by atoms with Crippen LogP contribution in [-0.4, -0.2) is 76.9 Å². The van der Waals surface area contributed by atoms with Gasteiger partial charge in [0.1, 0.15) is 31.8 Å². The van der Waals surface area contributed by atoms with Gasteiger partial charge < -0.3 is 14.7 Å². The van der Waals surface area contributed by atoms with Gasteiger partial charge in [0.2, 0.25) is 0 Å². The fourth-order valence-corrected chi connectivity index (χ4v) is 15.4. The lowest BCUT2D eigenvalue weighted by Crippen LogP contribution is -2.46. The van der Waals surface area contributed by atoms with Crippen molar-refractivity contribution in [1.82, 2.24) is 14.9 Å². The summed E-state index contributed by atoms with van der Waals surface area (Å²) in [6, 6.07) is 9.20. The molecule has 4 heterocycles. The highest BCUT2D eigenvalue weighted by Crippen LogP contribution is 2.46. The molecular weight excluding hydrogens is 741 g/mol. The van der Waals surface area contributed by atoms with E-state index in [-0.39, 0.29) is 74.7 Å². The van der Waals surface area contributed by atoms with Gasteiger partial charge in [-0.3, -0.25) is 15.0 Å². The molecule has 3 fully saturated rings. The van der Waals surface area contributed by atoms with Gasteiger partial charge in [-0.1, -0.05) is 96.0 Å². The molecule has 0 unspecified atom stereocenters. The zero-order valence-electron chi connectivity index (χ0n) is 34.1. The van der Waals surface area contributed by atoms with Crippen LogP contribution >= 0.6 is 0 Å². The van der Waals surface area contributed by atoms with Crippen LogP contribution in [0.3, 0.4) is 0 Å². The van der Waals surface area contributed by atoms with Gasteiger partial charge in [0.05, 0.1) is 32.6 Å². The molecule has 7 rings (SSSR count). The highest BCUT2D eigenvalue weighted by atomic mass is 28.3. The van der Waals surface area contributed by atoms with E-state index in [2.05, 4.69) is 76.0 Å². The number of nitro groups is 1. The van der Waals surface area contributed by atoms with E-state index in [1.807, 2.05) is 4.90 Å². The van der Waals surface area contributed by atoms with Gasteiger partial charge in [0, 0.05) is 43.2 Å². The molecule has 12 heteroatoms. The molecule has 0 saturated carbocycles. The molecule has 57 heavy (non-hydrogen) atoms. The van der Waals surface area contributed by atoms with Crippen LogP contribution in [0.15, 0.2) is 60.7 Å². The van der Waals surface area contributed by atoms with E-state index in [4.69, 9.17) is 9.72 Å². The Hall–Kier alpha value is -4.70. The molecule has 0 spiro atoms. The second-order valence-electron chi connectivity index (χ2n) is 17.8. The van der Waals surface area contributed by atoms with E-state index in [1.54, 1.807) is 31.2 Å². The van der Waals surface area contributed by atoms with Crippen molar-refractivity contribution in [3.8, 4) is 28.6 Å². The van der Waals surface area contributed by atoms with E-state index >= 15 is 8.78 Å². The van der Waals surface area contributed by atoms with Crippen LogP contribution in [-0.2, 0) is 0 Å². The first-order chi connectivity index (χ1) is 26.9. The third kappa shape index (κ3) is 7.12. The molecule has 0 aliphatic carbocycles. The lowest BCUT2D eigenvalue weighted by molar-refractivity contribution is -0.384. The van der Waals surface area contributed by atoms with Crippen LogP contribution in [0, 0.1) is 33.2 Å². The third-order valence-electron chi connectivity index (χ3n) is 12.7. The third-order valence-corrected chi connectivity index (χ3v) is 19.0. The number of benzene rings is 3. The minimum absolute atomic E-state index is 0.0822. The maximum Gasteiger partial charge on any atom is 0.319 e. The Morgan fingerprint density at radius 1 is 1.04 bits per heavy atom. The number of piperidine rings is 1. The molecule has 0 amide bonds. The largest absolute Gasteiger partial charge is 0.461 e. The normalized spacial score (nSPS) is 19.9. The van der Waals surface area contributed by atoms with Crippen molar-refractivity contribution in [3.05, 3.63) is 88.0 Å². The molecule has 9 nitrogen and oxygen atoms in total. The highest BCUT2D eigenvalue weighted by molar-refractivity contribution is 6.90. The van der Waals surface area contributed by atoms with Crippen molar-refractivity contribution >= 4 is 41.3 Å². The quantitative estimate of drug-likeness (QED) is 0.0588. The molecule has 1 N–H and O–H groups in total. The second-order valence-corrected chi connectivity index (χ2v) is 23.4. The van der Waals surface area contributed by atoms with E-state index < -0.39 is 35.9 Å². The summed E-state index contributed by atoms with van der Waals surface area (Å²) < 4.78 is 40.2. The number of anilines is 1. The van der Waals surface area contributed by atoms with E-state index in [0.29, 0.717) is 43.0 Å². The van der Waals surface area contributed by atoms with Crippen LogP contribution in [0.25, 0.3) is 32.8 Å². The predicted octanol–water partition coefficient (Wildman–Crippen LogP) is 9.90. The highest BCUT2D eigenvalue weighted by Gasteiger charge is 2.48. The molecule has 300 valence electrons. The number of nitro benzene ring substituents is 1. The fourth-order valence-electron chi connectivity index (χ4n) is 10.2. The number of halogens is 2. The number of aliphatic hydroxyl groups is 1. The zero-order chi connectivity index (χ0) is 41.2. The summed E-state index contributed by atoms with van der Waals surface area (Å²) in [5, 5.41) is 25.1. The molecule has 1 atom stereocenters. The maximum absolute atomic E-state index is 17.7. The molecule has 0 radical (unpaired) electrons. The Bertz CT molecular complexity index is 2340. The number of β-amino-alcohol motifs (C(OH)–C–C–N with tert-alkyl or cyclic N) is 1. The lowest BCUT2D eigenvalue weighted by Gasteiger charge is -2.38. The first-order valence-electron chi connectivity index (χ1n) is 20.0. The lowest BCUT2D eigenvalue weighted by atomic mass is 9.92. The minimum atomic E-state index is -2.34. The predicted molar refractivity (Wildman–Crippen MR) is 226 cm³/mol. The summed E-state index contributed by atoms with van der Waals surface area (Å²) in [4.78, 5) is 25.9. The van der Waals surface area contributed by atoms with Crippen molar-refractivity contribution in [2.45, 2.75) is 102 Å². The smallest absolute Gasteiger partial charge is 0.319 e. The summed E-state index contributed by atoms with van der Waals surface area (Å²) in [7, 11) is -2.34. The van der Waals surface area contributed by atoms with Crippen molar-refractivity contribution in [3.63, 3.8) is 0 Å². The number of aromatic nitrogens is 2. The van der Waals surface area contributed by atoms with Gasteiger partial charge in [-0.05, 0) is 60.7 Å². The Morgan fingerprint density at radius 2 is 1.70 bits per heavy atom. The number of nitrogens with zero attached hydrogens (tertiary/aromatic N) is 5. The molecule has 3 saturated heterocycles. The van der Waals surface area contributed by atoms with Crippen LogP contribution in [0.1, 0.15) is 79.7 Å². The molecule has 0 bridgehead atoms. The summed E-state index contributed by atoms with van der Waals surface area (Å²) in [6.07, 6.45) is 2.60. The summed E-state index contributed by atoms with van der Waals surface area (Å²) in [5.41, 5.74) is 4.36. The number of fused-ring (bicyclic) bond motifs is 3. The average Bonchev–Trinajstić information content (AvgIpc) is 3.60. The van der Waals surface area contributed by atoms with E-state index in [9.17, 15) is 15.2 Å². The Kier molecular flexibility index (Phi) is 10.6. The molecule has 3 aliphatic rings. The molecule has 1 aromatic heterocycles. The summed E-state index contributed by atoms with van der Waals surface area (Å²) >= 11 is 0. The minimum Gasteiger partial charge on any atom is -0.461 e. The topological polar surface area (TPSA) is 105 Å². The first kappa shape index (κ1) is 40.5. The van der Waals surface area contributed by atoms with Crippen molar-refractivity contribution < 1.29 is 23.5 Å². The van der Waals surface area contributed by atoms with E-state index in [1.165, 1.54) is 12.1 Å². The van der Waals surface area contributed by atoms with Crippen molar-refractivity contribution in [2.24, 2.45) is 0 Å². The van der Waals surface area contributed by atoms with Crippen LogP contribution < -0.4 is 9.64 Å². The van der Waals surface area contributed by atoms with Crippen molar-refractivity contribution in [2.75, 3.05) is 37.7 Å². The summed E-state index contributed by atoms with van der Waals surface area (Å²) in [6.45, 7) is 25.5. The maximum atomic E-state index is 17.7. The van der Waals surface area contributed by atoms with Crippen LogP contribution in [0.5, 0.6) is 6.01 Å². The second kappa shape index (κ2) is 14.9. The van der Waals surface area contributed by atoms with Gasteiger partial charge in [0.25, 0.3) is 5.69 Å². The fraction of sp³-hybridized carbons (Fsp3) is 0.467. The Morgan fingerprint density at radius 3 is 2.32 bits per heavy atom. The monoisotopic (exact) mass is 793 g/mol. The molecule has 3 aliphatic heterocycles. The Balaban J connectivity index is 1.47. The van der Waals surface area contributed by atoms with Gasteiger partial charge >= 0.3 is 6.01 Å². The van der Waals surface area contributed by atoms with Crippen molar-refractivity contribution in [1.29, 1.82) is 0 Å². The van der Waals surface area contributed by atoms with E-state index in [0.717, 1.165) is 24.2 Å². The number of hydrogen-bond donors (Lipinski definition) is 1. The molecule has 4 aromatic rings. The number of hydrogen-bond acceptors (Lipinski definition) is 8.